The molecule has 1 saturated carbocycles. The summed E-state index contributed by atoms with van der Waals surface area (Å²) in [5.74, 6) is -0.138. The average Bonchev–Trinajstić information content (AvgIpc) is 2.84. The first-order valence-corrected chi connectivity index (χ1v) is 9.62. The monoisotopic (exact) mass is 368 g/mol. The fourth-order valence-corrected chi connectivity index (χ4v) is 4.47. The Balaban J connectivity index is 1.73. The van der Waals surface area contributed by atoms with Crippen LogP contribution in [0.5, 0.6) is 0 Å². The van der Waals surface area contributed by atoms with Gasteiger partial charge in [0.05, 0.1) is 6.54 Å². The molecule has 2 heterocycles. The molecule has 0 radical (unpaired) electrons. The summed E-state index contributed by atoms with van der Waals surface area (Å²) in [7, 11) is 1.72. The molecule has 0 unspecified atom stereocenters. The van der Waals surface area contributed by atoms with Gasteiger partial charge < -0.3 is 9.32 Å². The van der Waals surface area contributed by atoms with Crippen LogP contribution in [0.2, 0.25) is 0 Å². The summed E-state index contributed by atoms with van der Waals surface area (Å²) < 4.78 is 5.34. The van der Waals surface area contributed by atoms with Gasteiger partial charge in [0.1, 0.15) is 11.1 Å². The van der Waals surface area contributed by atoms with Gasteiger partial charge in [0, 0.05) is 18.5 Å². The highest BCUT2D eigenvalue weighted by Crippen LogP contribution is 2.40. The Morgan fingerprint density at radius 2 is 1.81 bits per heavy atom. The minimum atomic E-state index is -0.708. The number of fused-ring (bicyclic) bond motifs is 1. The molecule has 3 amide bonds. The number of hydrogen-bond donors (Lipinski definition) is 0. The maximum atomic E-state index is 13.2. The number of imide groups is 1. The van der Waals surface area contributed by atoms with E-state index >= 15 is 0 Å². The van der Waals surface area contributed by atoms with E-state index in [0.717, 1.165) is 36.6 Å². The Morgan fingerprint density at radius 1 is 1.07 bits per heavy atom. The molecule has 2 aromatic rings. The summed E-state index contributed by atoms with van der Waals surface area (Å²) in [4.78, 5) is 41.0. The lowest BCUT2D eigenvalue weighted by Crippen LogP contribution is -2.49. The Morgan fingerprint density at radius 3 is 2.52 bits per heavy atom. The molecule has 1 spiro atoms. The Bertz CT molecular complexity index is 972. The van der Waals surface area contributed by atoms with E-state index in [1.165, 1.54) is 11.0 Å². The summed E-state index contributed by atoms with van der Waals surface area (Å²) in [6, 6.07) is 6.84. The maximum absolute atomic E-state index is 13.2. The molecule has 1 saturated heterocycles. The first-order chi connectivity index (χ1) is 13.0. The molecule has 1 aromatic heterocycles. The molecular formula is C21H24N2O4. The highest BCUT2D eigenvalue weighted by Gasteiger charge is 2.55. The Hall–Kier alpha value is -2.63. The molecule has 0 N–H and O–H groups in total. The van der Waals surface area contributed by atoms with Crippen molar-refractivity contribution in [2.75, 3.05) is 7.05 Å². The first-order valence-electron chi connectivity index (χ1n) is 9.62. The number of rotatable bonds is 3. The molecule has 1 aromatic carbocycles. The Kier molecular flexibility index (Phi) is 4.29. The van der Waals surface area contributed by atoms with Crippen molar-refractivity contribution in [1.29, 1.82) is 0 Å². The van der Waals surface area contributed by atoms with Crippen molar-refractivity contribution in [3.05, 3.63) is 45.8 Å². The zero-order chi connectivity index (χ0) is 19.2. The van der Waals surface area contributed by atoms with E-state index in [4.69, 9.17) is 4.42 Å². The van der Waals surface area contributed by atoms with Crippen LogP contribution in [0.3, 0.4) is 0 Å². The lowest BCUT2D eigenvalue weighted by Gasteiger charge is -2.35. The SMILES string of the molecule is CCc1ccc2c(CN3C(=O)N(C)C4(CCCCC4)C3=O)cc(=O)oc2c1. The van der Waals surface area contributed by atoms with Gasteiger partial charge in [-0.05, 0) is 36.5 Å². The number of amides is 3. The van der Waals surface area contributed by atoms with Crippen LogP contribution in [-0.4, -0.2) is 34.3 Å². The van der Waals surface area contributed by atoms with Crippen LogP contribution in [0.4, 0.5) is 4.79 Å². The fraction of sp³-hybridized carbons (Fsp3) is 0.476. The number of likely N-dealkylation sites (N-methyl/N-ethyl adjacent to an activating group) is 1. The van der Waals surface area contributed by atoms with E-state index in [1.54, 1.807) is 11.9 Å². The second-order valence-electron chi connectivity index (χ2n) is 7.60. The number of urea groups is 1. The summed E-state index contributed by atoms with van der Waals surface area (Å²) in [5.41, 5.74) is 1.03. The second kappa shape index (κ2) is 6.51. The minimum Gasteiger partial charge on any atom is -0.423 e. The van der Waals surface area contributed by atoms with Gasteiger partial charge in [-0.3, -0.25) is 9.69 Å². The molecular weight excluding hydrogens is 344 g/mol. The van der Waals surface area contributed by atoms with Crippen LogP contribution < -0.4 is 5.63 Å². The molecule has 1 aliphatic heterocycles. The Labute approximate surface area is 157 Å². The van der Waals surface area contributed by atoms with Gasteiger partial charge in [0.2, 0.25) is 0 Å². The zero-order valence-corrected chi connectivity index (χ0v) is 15.8. The molecule has 4 rings (SSSR count). The minimum absolute atomic E-state index is 0.0946. The highest BCUT2D eigenvalue weighted by molar-refractivity contribution is 6.07. The van der Waals surface area contributed by atoms with E-state index in [2.05, 4.69) is 0 Å². The van der Waals surface area contributed by atoms with E-state index in [0.29, 0.717) is 24.0 Å². The highest BCUT2D eigenvalue weighted by atomic mass is 16.4. The summed E-state index contributed by atoms with van der Waals surface area (Å²) in [5, 5.41) is 0.764. The number of hydrogen-bond acceptors (Lipinski definition) is 4. The van der Waals surface area contributed by atoms with Gasteiger partial charge in [-0.25, -0.2) is 9.59 Å². The molecule has 0 atom stereocenters. The molecule has 1 aliphatic carbocycles. The zero-order valence-electron chi connectivity index (χ0n) is 15.8. The predicted molar refractivity (Wildman–Crippen MR) is 101 cm³/mol. The van der Waals surface area contributed by atoms with Crippen LogP contribution in [0, 0.1) is 0 Å². The fourth-order valence-electron chi connectivity index (χ4n) is 4.47. The van der Waals surface area contributed by atoms with Gasteiger partial charge in [-0.15, -0.1) is 0 Å². The second-order valence-corrected chi connectivity index (χ2v) is 7.60. The van der Waals surface area contributed by atoms with Crippen molar-refractivity contribution in [3.63, 3.8) is 0 Å². The van der Waals surface area contributed by atoms with Crippen molar-refractivity contribution in [1.82, 2.24) is 9.80 Å². The topological polar surface area (TPSA) is 70.8 Å². The van der Waals surface area contributed by atoms with Crippen molar-refractivity contribution in [3.8, 4) is 0 Å². The molecule has 2 fully saturated rings. The number of benzene rings is 1. The predicted octanol–water partition coefficient (Wildman–Crippen LogP) is 3.45. The standard InChI is InChI=1S/C21H24N2O4/c1-3-14-7-8-16-15(12-18(24)27-17(16)11-14)13-23-19(25)21(22(2)20(23)26)9-5-4-6-10-21/h7-8,11-12H,3-6,9-10,13H2,1-2H3. The summed E-state index contributed by atoms with van der Waals surface area (Å²) >= 11 is 0. The van der Waals surface area contributed by atoms with Crippen LogP contribution in [0.1, 0.15) is 50.2 Å². The van der Waals surface area contributed by atoms with E-state index in [1.807, 2.05) is 25.1 Å². The third-order valence-corrected chi connectivity index (χ3v) is 6.12. The quantitative estimate of drug-likeness (QED) is 0.614. The third kappa shape index (κ3) is 2.74. The van der Waals surface area contributed by atoms with E-state index in [-0.39, 0.29) is 18.5 Å². The molecule has 0 bridgehead atoms. The third-order valence-electron chi connectivity index (χ3n) is 6.12. The van der Waals surface area contributed by atoms with Crippen LogP contribution in [-0.2, 0) is 17.8 Å². The van der Waals surface area contributed by atoms with Gasteiger partial charge in [-0.1, -0.05) is 38.3 Å². The van der Waals surface area contributed by atoms with Crippen molar-refractivity contribution >= 4 is 22.9 Å². The normalized spacial score (nSPS) is 19.5. The number of nitrogens with zero attached hydrogens (tertiary/aromatic N) is 2. The smallest absolute Gasteiger partial charge is 0.336 e. The summed E-state index contributed by atoms with van der Waals surface area (Å²) in [6.07, 6.45) is 5.26. The van der Waals surface area contributed by atoms with Gasteiger partial charge in [-0.2, -0.15) is 0 Å². The van der Waals surface area contributed by atoms with Gasteiger partial charge >= 0.3 is 11.7 Å². The largest absolute Gasteiger partial charge is 0.423 e. The maximum Gasteiger partial charge on any atom is 0.336 e. The summed E-state index contributed by atoms with van der Waals surface area (Å²) in [6.45, 7) is 2.13. The van der Waals surface area contributed by atoms with Crippen LogP contribution in [0.25, 0.3) is 11.0 Å². The van der Waals surface area contributed by atoms with Crippen molar-refractivity contribution < 1.29 is 14.0 Å². The molecule has 27 heavy (non-hydrogen) atoms. The number of carbonyl (C=O) groups excluding carboxylic acids is 2. The lowest BCUT2D eigenvalue weighted by molar-refractivity contribution is -0.134. The van der Waals surface area contributed by atoms with Gasteiger partial charge in [0.15, 0.2) is 0 Å². The lowest BCUT2D eigenvalue weighted by atomic mass is 9.80. The van der Waals surface area contributed by atoms with Gasteiger partial charge in [0.25, 0.3) is 5.91 Å². The number of carbonyl (C=O) groups is 2. The van der Waals surface area contributed by atoms with Crippen LogP contribution >= 0.6 is 0 Å². The molecule has 2 aliphatic rings. The van der Waals surface area contributed by atoms with E-state index < -0.39 is 11.2 Å². The number of aryl methyl sites for hydroxylation is 1. The molecule has 6 heteroatoms. The van der Waals surface area contributed by atoms with Crippen molar-refractivity contribution in [2.45, 2.75) is 57.5 Å². The van der Waals surface area contributed by atoms with Crippen LogP contribution in [0.15, 0.2) is 33.5 Å². The molecule has 6 nitrogen and oxygen atoms in total. The first kappa shape index (κ1) is 17.8. The van der Waals surface area contributed by atoms with E-state index in [9.17, 15) is 14.4 Å². The van der Waals surface area contributed by atoms with Crippen molar-refractivity contribution in [2.24, 2.45) is 0 Å². The molecule has 142 valence electrons. The average molecular weight is 368 g/mol.